The summed E-state index contributed by atoms with van der Waals surface area (Å²) in [7, 11) is 3.12. The number of carbonyl (C=O) groups is 1. The van der Waals surface area contributed by atoms with E-state index in [1.807, 2.05) is 13.0 Å². The van der Waals surface area contributed by atoms with Gasteiger partial charge in [-0.2, -0.15) is 0 Å². The Kier molecular flexibility index (Phi) is 4.42. The van der Waals surface area contributed by atoms with Gasteiger partial charge in [0.25, 0.3) is 5.91 Å². The van der Waals surface area contributed by atoms with Gasteiger partial charge in [-0.3, -0.25) is 10.2 Å². The van der Waals surface area contributed by atoms with Crippen molar-refractivity contribution in [1.29, 1.82) is 0 Å². The Balaban J connectivity index is 3.03. The van der Waals surface area contributed by atoms with Gasteiger partial charge in [-0.1, -0.05) is 12.1 Å². The number of carbonyl (C=O) groups excluding carboxylic acids is 1. The van der Waals surface area contributed by atoms with Crippen LogP contribution in [0.3, 0.4) is 0 Å². The van der Waals surface area contributed by atoms with Gasteiger partial charge in [0.15, 0.2) is 6.29 Å². The van der Waals surface area contributed by atoms with Crippen molar-refractivity contribution in [3.05, 3.63) is 34.9 Å². The summed E-state index contributed by atoms with van der Waals surface area (Å²) < 4.78 is 10.2. The topological polar surface area (TPSA) is 73.6 Å². The van der Waals surface area contributed by atoms with E-state index in [1.165, 1.54) is 0 Å². The first-order valence-corrected chi connectivity index (χ1v) is 4.81. The minimum absolute atomic E-state index is 0.310. The van der Waals surface area contributed by atoms with E-state index in [4.69, 9.17) is 15.3 Å². The molecule has 0 atom stereocenters. The van der Waals surface area contributed by atoms with Crippen LogP contribution in [0.4, 0.5) is 0 Å². The largest absolute Gasteiger partial charge is 0.352 e. The summed E-state index contributed by atoms with van der Waals surface area (Å²) in [5.74, 6) is 4.76. The number of hydrogen-bond acceptors (Lipinski definition) is 4. The van der Waals surface area contributed by atoms with E-state index in [-0.39, 0.29) is 5.91 Å². The Bertz CT molecular complexity index is 375. The third kappa shape index (κ3) is 2.57. The zero-order chi connectivity index (χ0) is 12.1. The van der Waals surface area contributed by atoms with Crippen LogP contribution in [0, 0.1) is 6.92 Å². The number of nitrogens with two attached hydrogens (primary N) is 1. The van der Waals surface area contributed by atoms with Gasteiger partial charge in [-0.25, -0.2) is 5.84 Å². The van der Waals surface area contributed by atoms with Gasteiger partial charge in [0.1, 0.15) is 0 Å². The molecule has 1 aromatic carbocycles. The molecule has 0 aliphatic heterocycles. The highest BCUT2D eigenvalue weighted by atomic mass is 16.7. The number of amides is 1. The lowest BCUT2D eigenvalue weighted by atomic mass is 10.0. The van der Waals surface area contributed by atoms with Gasteiger partial charge >= 0.3 is 0 Å². The third-order valence-electron chi connectivity index (χ3n) is 2.33. The van der Waals surface area contributed by atoms with Crippen molar-refractivity contribution < 1.29 is 14.3 Å². The molecule has 0 saturated heterocycles. The molecule has 1 rings (SSSR count). The highest BCUT2D eigenvalue weighted by Gasteiger charge is 2.12. The van der Waals surface area contributed by atoms with Crippen LogP contribution < -0.4 is 11.3 Å². The molecule has 0 saturated carbocycles. The zero-order valence-corrected chi connectivity index (χ0v) is 9.61. The summed E-state index contributed by atoms with van der Waals surface area (Å²) in [6, 6.07) is 5.30. The fourth-order valence-corrected chi connectivity index (χ4v) is 1.53. The van der Waals surface area contributed by atoms with Crippen molar-refractivity contribution in [2.24, 2.45) is 5.84 Å². The van der Waals surface area contributed by atoms with E-state index in [0.717, 1.165) is 11.1 Å². The molecule has 16 heavy (non-hydrogen) atoms. The number of rotatable bonds is 4. The van der Waals surface area contributed by atoms with Gasteiger partial charge in [0, 0.05) is 25.3 Å². The number of hydrazine groups is 1. The molecule has 0 fully saturated rings. The zero-order valence-electron chi connectivity index (χ0n) is 9.61. The van der Waals surface area contributed by atoms with E-state index in [2.05, 4.69) is 5.43 Å². The maximum atomic E-state index is 11.4. The fraction of sp³-hybridized carbons (Fsp3) is 0.364. The predicted molar refractivity (Wildman–Crippen MR) is 59.6 cm³/mol. The SMILES string of the molecule is COC(OC)c1ccc(C(=O)NN)c(C)c1. The quantitative estimate of drug-likeness (QED) is 0.345. The fourth-order valence-electron chi connectivity index (χ4n) is 1.53. The van der Waals surface area contributed by atoms with E-state index in [0.29, 0.717) is 5.56 Å². The molecule has 5 heteroatoms. The Hall–Kier alpha value is -1.43. The monoisotopic (exact) mass is 224 g/mol. The molecule has 0 aliphatic carbocycles. The lowest BCUT2D eigenvalue weighted by molar-refractivity contribution is -0.106. The van der Waals surface area contributed by atoms with E-state index in [9.17, 15) is 4.79 Å². The summed E-state index contributed by atoms with van der Waals surface area (Å²) in [4.78, 5) is 11.4. The summed E-state index contributed by atoms with van der Waals surface area (Å²) >= 11 is 0. The average Bonchev–Trinajstić information content (AvgIpc) is 2.30. The number of nitrogens with one attached hydrogen (secondary N) is 1. The Labute approximate surface area is 94.5 Å². The minimum Gasteiger partial charge on any atom is -0.352 e. The molecule has 1 aromatic rings. The molecule has 5 nitrogen and oxygen atoms in total. The molecular formula is C11H16N2O3. The number of methoxy groups -OCH3 is 2. The van der Waals surface area contributed by atoms with E-state index < -0.39 is 6.29 Å². The standard InChI is InChI=1S/C11H16N2O3/c1-7-6-8(11(15-2)16-3)4-5-9(7)10(14)13-12/h4-6,11H,12H2,1-3H3,(H,13,14). The number of ether oxygens (including phenoxy) is 2. The van der Waals surface area contributed by atoms with Crippen LogP contribution in [0.2, 0.25) is 0 Å². The number of hydrogen-bond donors (Lipinski definition) is 2. The van der Waals surface area contributed by atoms with Crippen LogP contribution in [-0.2, 0) is 9.47 Å². The second kappa shape index (κ2) is 5.60. The number of benzene rings is 1. The van der Waals surface area contributed by atoms with Crippen LogP contribution in [0.25, 0.3) is 0 Å². The molecule has 3 N–H and O–H groups in total. The van der Waals surface area contributed by atoms with Crippen LogP contribution in [0.5, 0.6) is 0 Å². The maximum absolute atomic E-state index is 11.4. The molecule has 0 radical (unpaired) electrons. The molecular weight excluding hydrogens is 208 g/mol. The summed E-state index contributed by atoms with van der Waals surface area (Å²) in [6.45, 7) is 1.83. The lowest BCUT2D eigenvalue weighted by Gasteiger charge is -2.15. The second-order valence-corrected chi connectivity index (χ2v) is 3.35. The van der Waals surface area contributed by atoms with E-state index in [1.54, 1.807) is 26.4 Å². The van der Waals surface area contributed by atoms with Gasteiger partial charge in [0.05, 0.1) is 0 Å². The van der Waals surface area contributed by atoms with E-state index >= 15 is 0 Å². The molecule has 0 spiro atoms. The van der Waals surface area contributed by atoms with Crippen molar-refractivity contribution in [3.63, 3.8) is 0 Å². The molecule has 0 bridgehead atoms. The van der Waals surface area contributed by atoms with Crippen molar-refractivity contribution >= 4 is 5.91 Å². The first kappa shape index (κ1) is 12.6. The smallest absolute Gasteiger partial charge is 0.265 e. The highest BCUT2D eigenvalue weighted by molar-refractivity contribution is 5.95. The predicted octanol–water partition coefficient (Wildman–Crippen LogP) is 0.890. The summed E-state index contributed by atoms with van der Waals surface area (Å²) in [5, 5.41) is 0. The van der Waals surface area contributed by atoms with Gasteiger partial charge in [-0.15, -0.1) is 0 Å². The van der Waals surface area contributed by atoms with Gasteiger partial charge < -0.3 is 9.47 Å². The minimum atomic E-state index is -0.423. The van der Waals surface area contributed by atoms with Crippen LogP contribution in [0.1, 0.15) is 27.8 Å². The van der Waals surface area contributed by atoms with Crippen molar-refractivity contribution in [2.75, 3.05) is 14.2 Å². The Morgan fingerprint density at radius 2 is 2.00 bits per heavy atom. The molecule has 0 aromatic heterocycles. The summed E-state index contributed by atoms with van der Waals surface area (Å²) in [5.41, 5.74) is 4.31. The third-order valence-corrected chi connectivity index (χ3v) is 2.33. The molecule has 0 heterocycles. The maximum Gasteiger partial charge on any atom is 0.265 e. The van der Waals surface area contributed by atoms with Crippen molar-refractivity contribution in [3.8, 4) is 0 Å². The molecule has 0 aliphatic rings. The molecule has 88 valence electrons. The normalized spacial score (nSPS) is 10.6. The van der Waals surface area contributed by atoms with Crippen molar-refractivity contribution in [2.45, 2.75) is 13.2 Å². The highest BCUT2D eigenvalue weighted by Crippen LogP contribution is 2.20. The van der Waals surface area contributed by atoms with Crippen LogP contribution in [-0.4, -0.2) is 20.1 Å². The number of nitrogen functional groups attached to an aromatic ring is 1. The van der Waals surface area contributed by atoms with Crippen LogP contribution in [0.15, 0.2) is 18.2 Å². The average molecular weight is 224 g/mol. The van der Waals surface area contributed by atoms with Gasteiger partial charge in [-0.05, 0) is 18.6 Å². The van der Waals surface area contributed by atoms with Crippen molar-refractivity contribution in [1.82, 2.24) is 5.43 Å². The first-order chi connectivity index (χ1) is 7.63. The second-order valence-electron chi connectivity index (χ2n) is 3.35. The number of aryl methyl sites for hydroxylation is 1. The molecule has 1 amide bonds. The summed E-state index contributed by atoms with van der Waals surface area (Å²) in [6.07, 6.45) is -0.423. The Morgan fingerprint density at radius 3 is 2.44 bits per heavy atom. The van der Waals surface area contributed by atoms with Crippen LogP contribution >= 0.6 is 0 Å². The van der Waals surface area contributed by atoms with Gasteiger partial charge in [0.2, 0.25) is 0 Å². The Morgan fingerprint density at radius 1 is 1.38 bits per heavy atom. The molecule has 0 unspecified atom stereocenters. The lowest BCUT2D eigenvalue weighted by Crippen LogP contribution is -2.30. The first-order valence-electron chi connectivity index (χ1n) is 4.81.